The summed E-state index contributed by atoms with van der Waals surface area (Å²) in [7, 11) is -1.18. The van der Waals surface area contributed by atoms with Gasteiger partial charge in [-0.1, -0.05) is 11.3 Å². The fourth-order valence-electron chi connectivity index (χ4n) is 2.07. The van der Waals surface area contributed by atoms with Gasteiger partial charge in [-0.15, -0.1) is 0 Å². The Balaban J connectivity index is 1.65. The maximum atomic E-state index is 11.9. The summed E-state index contributed by atoms with van der Waals surface area (Å²) in [6.07, 6.45) is 2.42. The Bertz CT molecular complexity index is 796. The van der Waals surface area contributed by atoms with Crippen LogP contribution in [0.15, 0.2) is 10.7 Å². The van der Waals surface area contributed by atoms with Crippen LogP contribution in [-0.2, 0) is 15.5 Å². The Kier molecular flexibility index (Phi) is 4.43. The minimum Gasteiger partial charge on any atom is -0.469 e. The number of carbonyl (C=O) groups excluding carboxylic acids is 1. The first-order valence-electron chi connectivity index (χ1n) is 7.32. The zero-order chi connectivity index (χ0) is 17.5. The van der Waals surface area contributed by atoms with E-state index >= 15 is 0 Å². The predicted molar refractivity (Wildman–Crippen MR) is 89.8 cm³/mol. The Morgan fingerprint density at radius 2 is 2.08 bits per heavy atom. The monoisotopic (exact) mass is 370 g/mol. The molecule has 8 nitrogen and oxygen atoms in total. The maximum absolute atomic E-state index is 11.9. The van der Waals surface area contributed by atoms with Crippen LogP contribution in [0.4, 0.5) is 4.79 Å². The molecule has 0 N–H and O–H groups in total. The molecule has 1 saturated heterocycles. The summed E-state index contributed by atoms with van der Waals surface area (Å²) in [4.78, 5) is 25.9. The Morgan fingerprint density at radius 3 is 2.71 bits per heavy atom. The summed E-state index contributed by atoms with van der Waals surface area (Å²) in [6, 6.07) is 0. The van der Waals surface area contributed by atoms with E-state index in [0.29, 0.717) is 33.7 Å². The molecule has 0 spiro atoms. The van der Waals surface area contributed by atoms with Gasteiger partial charge in [0, 0.05) is 6.26 Å². The zero-order valence-electron chi connectivity index (χ0n) is 13.8. The van der Waals surface area contributed by atoms with Crippen molar-refractivity contribution in [3.8, 4) is 5.88 Å². The van der Waals surface area contributed by atoms with Crippen LogP contribution >= 0.6 is 11.3 Å². The van der Waals surface area contributed by atoms with Crippen LogP contribution in [0.2, 0.25) is 0 Å². The lowest BCUT2D eigenvalue weighted by atomic mass is 10.2. The number of thiazole rings is 1. The molecule has 1 atom stereocenters. The number of hydrogen-bond donors (Lipinski definition) is 0. The Hall–Kier alpha value is -1.81. The summed E-state index contributed by atoms with van der Waals surface area (Å²) >= 11 is 1.26. The highest BCUT2D eigenvalue weighted by Crippen LogP contribution is 2.31. The van der Waals surface area contributed by atoms with Crippen LogP contribution in [0, 0.1) is 0 Å². The van der Waals surface area contributed by atoms with Gasteiger partial charge in [-0.3, -0.25) is 4.21 Å². The molecule has 1 aliphatic rings. The van der Waals surface area contributed by atoms with Gasteiger partial charge < -0.3 is 14.4 Å². The predicted octanol–water partition coefficient (Wildman–Crippen LogP) is 1.82. The standard InChI is InChI=1S/C14H18N4O4S2/c1-14(2,3)22-13(19)18-5-8(6-18)21-11-9-10(15-7-16-11)17-12(23-9)24(4)20/h7-8H,5-6H2,1-4H3. The highest BCUT2D eigenvalue weighted by Gasteiger charge is 2.35. The van der Waals surface area contributed by atoms with Gasteiger partial charge >= 0.3 is 6.09 Å². The highest BCUT2D eigenvalue weighted by molar-refractivity contribution is 7.86. The second-order valence-corrected chi connectivity index (χ2v) is 8.94. The van der Waals surface area contributed by atoms with Crippen LogP contribution < -0.4 is 4.74 Å². The number of ether oxygens (including phenoxy) is 2. The second kappa shape index (κ2) is 6.25. The average molecular weight is 370 g/mol. The molecule has 130 valence electrons. The lowest BCUT2D eigenvalue weighted by Crippen LogP contribution is -2.57. The highest BCUT2D eigenvalue weighted by atomic mass is 32.2. The van der Waals surface area contributed by atoms with E-state index in [4.69, 9.17) is 9.47 Å². The number of carbonyl (C=O) groups is 1. The van der Waals surface area contributed by atoms with Crippen LogP contribution in [0.5, 0.6) is 5.88 Å². The summed E-state index contributed by atoms with van der Waals surface area (Å²) < 4.78 is 23.9. The zero-order valence-corrected chi connectivity index (χ0v) is 15.4. The molecule has 2 aromatic rings. The minimum absolute atomic E-state index is 0.159. The van der Waals surface area contributed by atoms with E-state index in [9.17, 15) is 9.00 Å². The number of fused-ring (bicyclic) bond motifs is 1. The summed E-state index contributed by atoms with van der Waals surface area (Å²) in [6.45, 7) is 6.36. The normalized spacial score (nSPS) is 16.8. The van der Waals surface area contributed by atoms with Gasteiger partial charge in [-0.2, -0.15) is 0 Å². The minimum atomic E-state index is -1.18. The molecule has 1 unspecified atom stereocenters. The van der Waals surface area contributed by atoms with Gasteiger partial charge in [0.1, 0.15) is 22.7 Å². The van der Waals surface area contributed by atoms with Crippen molar-refractivity contribution >= 4 is 38.6 Å². The van der Waals surface area contributed by atoms with Crippen molar-refractivity contribution in [2.24, 2.45) is 0 Å². The first kappa shape index (κ1) is 17.0. The van der Waals surface area contributed by atoms with E-state index in [2.05, 4.69) is 15.0 Å². The van der Waals surface area contributed by atoms with Crippen molar-refractivity contribution in [2.45, 2.75) is 36.8 Å². The lowest BCUT2D eigenvalue weighted by molar-refractivity contribution is -0.0228. The van der Waals surface area contributed by atoms with Gasteiger partial charge in [-0.25, -0.2) is 19.7 Å². The van der Waals surface area contributed by atoms with Gasteiger partial charge in [0.2, 0.25) is 5.88 Å². The third kappa shape index (κ3) is 3.64. The number of amides is 1. The topological polar surface area (TPSA) is 94.5 Å². The second-order valence-electron chi connectivity index (χ2n) is 6.39. The molecule has 1 fully saturated rings. The number of likely N-dealkylation sites (tertiary alicyclic amines) is 1. The van der Waals surface area contributed by atoms with Crippen molar-refractivity contribution in [3.05, 3.63) is 6.33 Å². The molecular formula is C14H18N4O4S2. The Labute approximate surface area is 145 Å². The van der Waals surface area contributed by atoms with E-state index < -0.39 is 16.4 Å². The molecule has 10 heteroatoms. The molecule has 24 heavy (non-hydrogen) atoms. The van der Waals surface area contributed by atoms with Crippen LogP contribution in [-0.4, -0.2) is 61.2 Å². The molecular weight excluding hydrogens is 352 g/mol. The quantitative estimate of drug-likeness (QED) is 0.813. The van der Waals surface area contributed by atoms with Crippen LogP contribution in [0.1, 0.15) is 20.8 Å². The lowest BCUT2D eigenvalue weighted by Gasteiger charge is -2.39. The van der Waals surface area contributed by atoms with Crippen molar-refractivity contribution in [2.75, 3.05) is 19.3 Å². The van der Waals surface area contributed by atoms with Crippen LogP contribution in [0.25, 0.3) is 10.3 Å². The SMILES string of the molecule is CS(=O)c1nc2ncnc(OC3CN(C(=O)OC(C)(C)C)C3)c2s1. The molecule has 2 aromatic heterocycles. The third-order valence-electron chi connectivity index (χ3n) is 3.16. The molecule has 0 radical (unpaired) electrons. The third-order valence-corrected chi connectivity index (χ3v) is 5.53. The first-order valence-corrected chi connectivity index (χ1v) is 9.70. The Morgan fingerprint density at radius 1 is 1.38 bits per heavy atom. The molecule has 0 aliphatic carbocycles. The smallest absolute Gasteiger partial charge is 0.410 e. The molecule has 0 bridgehead atoms. The largest absolute Gasteiger partial charge is 0.469 e. The van der Waals surface area contributed by atoms with E-state index in [1.54, 1.807) is 11.2 Å². The fourth-order valence-corrected chi connectivity index (χ4v) is 3.69. The van der Waals surface area contributed by atoms with E-state index in [1.165, 1.54) is 17.7 Å². The summed E-state index contributed by atoms with van der Waals surface area (Å²) in [5.74, 6) is 0.406. The van der Waals surface area contributed by atoms with Crippen molar-refractivity contribution in [1.29, 1.82) is 0 Å². The molecule has 0 aromatic carbocycles. The van der Waals surface area contributed by atoms with Gasteiger partial charge in [0.05, 0.1) is 23.9 Å². The summed E-state index contributed by atoms with van der Waals surface area (Å²) in [5, 5.41) is 0. The molecule has 1 aliphatic heterocycles. The number of hydrogen-bond acceptors (Lipinski definition) is 8. The van der Waals surface area contributed by atoms with Crippen molar-refractivity contribution in [1.82, 2.24) is 19.9 Å². The number of nitrogens with zero attached hydrogens (tertiary/aromatic N) is 4. The van der Waals surface area contributed by atoms with Gasteiger partial charge in [-0.05, 0) is 20.8 Å². The molecule has 3 rings (SSSR count). The number of aromatic nitrogens is 3. The van der Waals surface area contributed by atoms with E-state index in [0.717, 1.165) is 0 Å². The van der Waals surface area contributed by atoms with Crippen LogP contribution in [0.3, 0.4) is 0 Å². The van der Waals surface area contributed by atoms with E-state index in [1.807, 2.05) is 20.8 Å². The average Bonchev–Trinajstić information content (AvgIpc) is 2.85. The number of rotatable bonds is 3. The first-order chi connectivity index (χ1) is 11.2. The van der Waals surface area contributed by atoms with Crippen molar-refractivity contribution in [3.63, 3.8) is 0 Å². The fraction of sp³-hybridized carbons (Fsp3) is 0.571. The maximum Gasteiger partial charge on any atom is 0.410 e. The van der Waals surface area contributed by atoms with E-state index in [-0.39, 0.29) is 12.2 Å². The molecule has 3 heterocycles. The van der Waals surface area contributed by atoms with Crippen molar-refractivity contribution < 1.29 is 18.5 Å². The van der Waals surface area contributed by atoms with Gasteiger partial charge in [0.25, 0.3) is 0 Å². The molecule has 1 amide bonds. The summed E-state index contributed by atoms with van der Waals surface area (Å²) in [5.41, 5.74) is -0.0463. The molecule has 0 saturated carbocycles. The van der Waals surface area contributed by atoms with Gasteiger partial charge in [0.15, 0.2) is 9.99 Å².